The number of carboxylic acid groups (broad SMARTS) is 1. The molecule has 0 unspecified atom stereocenters. The molecule has 0 aliphatic rings. The summed E-state index contributed by atoms with van der Waals surface area (Å²) in [6.07, 6.45) is 1.79. The van der Waals surface area contributed by atoms with Crippen molar-refractivity contribution in [3.8, 4) is 0 Å². The second kappa shape index (κ2) is 17.0. The normalized spacial score (nSPS) is 9.70. The zero-order chi connectivity index (χ0) is 26.9. The lowest BCUT2D eigenvalue weighted by molar-refractivity contribution is 0.0688. The lowest BCUT2D eigenvalue weighted by atomic mass is 10.1. The Kier molecular flexibility index (Phi) is 13.6. The highest BCUT2D eigenvalue weighted by Gasteiger charge is 2.06. The van der Waals surface area contributed by atoms with Crippen molar-refractivity contribution in [2.24, 2.45) is 5.73 Å². The number of benzene rings is 2. The maximum atomic E-state index is 11.7. The molecule has 2 aromatic heterocycles. The van der Waals surface area contributed by atoms with E-state index in [0.29, 0.717) is 21.4 Å². The van der Waals surface area contributed by atoms with Crippen LogP contribution in [-0.4, -0.2) is 50.5 Å². The first-order chi connectivity index (χ1) is 17.9. The summed E-state index contributed by atoms with van der Waals surface area (Å²) < 4.78 is 1.14. The summed E-state index contributed by atoms with van der Waals surface area (Å²) in [6.45, 7) is 1.32. The van der Waals surface area contributed by atoms with Crippen molar-refractivity contribution in [3.05, 3.63) is 117 Å². The second-order valence-electron chi connectivity index (χ2n) is 7.30. The number of aromatic nitrogens is 4. The Bertz CT molecular complexity index is 1210. The number of rotatable bonds is 7. The molecule has 4 N–H and O–H groups in total. The second-order valence-corrected chi connectivity index (χ2v) is 8.93. The first kappa shape index (κ1) is 29.7. The third-order valence-electron chi connectivity index (χ3n) is 4.53. The van der Waals surface area contributed by atoms with E-state index in [1.807, 2.05) is 48.5 Å². The van der Waals surface area contributed by atoms with Crippen LogP contribution in [0.4, 0.5) is 0 Å². The van der Waals surface area contributed by atoms with Crippen molar-refractivity contribution in [3.63, 3.8) is 0 Å². The van der Waals surface area contributed by atoms with Gasteiger partial charge in [-0.25, -0.2) is 4.79 Å². The maximum absolute atomic E-state index is 11.7. The van der Waals surface area contributed by atoms with Crippen LogP contribution in [0.1, 0.15) is 32.1 Å². The van der Waals surface area contributed by atoms with Crippen molar-refractivity contribution in [2.45, 2.75) is 12.8 Å². The summed E-state index contributed by atoms with van der Waals surface area (Å²) in [6, 6.07) is 26.5. The van der Waals surface area contributed by atoms with Crippen molar-refractivity contribution in [2.75, 3.05) is 13.1 Å². The summed E-state index contributed by atoms with van der Waals surface area (Å²) in [5, 5.41) is 25.6. The summed E-state index contributed by atoms with van der Waals surface area (Å²) in [5.74, 6) is -1.27. The quantitative estimate of drug-likeness (QED) is 0.274. The number of nitrogens with one attached hydrogen (secondary N) is 1. The fourth-order valence-electron chi connectivity index (χ4n) is 2.73. The highest BCUT2D eigenvalue weighted by molar-refractivity contribution is 9.10. The first-order valence-electron chi connectivity index (χ1n) is 11.2. The Labute approximate surface area is 231 Å². The minimum atomic E-state index is -1.07. The number of amides is 1. The molecule has 1 amide bonds. The minimum absolute atomic E-state index is 0.0526. The molecule has 0 radical (unpaired) electrons. The lowest BCUT2D eigenvalue weighted by Gasteiger charge is -2.04. The van der Waals surface area contributed by atoms with E-state index in [1.165, 1.54) is 23.3 Å². The van der Waals surface area contributed by atoms with Crippen molar-refractivity contribution in [1.82, 2.24) is 25.7 Å². The fraction of sp³-hybridized carbons (Fsp3) is 0.154. The van der Waals surface area contributed by atoms with E-state index >= 15 is 0 Å². The molecule has 0 aliphatic carbocycles. The van der Waals surface area contributed by atoms with Gasteiger partial charge in [0.25, 0.3) is 5.91 Å². The minimum Gasteiger partial charge on any atom is -0.476 e. The SMILES string of the molecule is NCCc1ccccc1.O=C(NCCc1ccccc1)c1ccc(Br)nn1.O=C(O)c1ccc(Br)nn1. The number of carboxylic acids is 1. The smallest absolute Gasteiger partial charge is 0.356 e. The molecular weight excluding hydrogens is 604 g/mol. The average molecular weight is 630 g/mol. The number of halogens is 2. The highest BCUT2D eigenvalue weighted by atomic mass is 79.9. The largest absolute Gasteiger partial charge is 0.476 e. The van der Waals surface area contributed by atoms with Gasteiger partial charge in [-0.15, -0.1) is 20.4 Å². The zero-order valence-corrected chi connectivity index (χ0v) is 23.0. The molecule has 0 saturated heterocycles. The Morgan fingerprint density at radius 3 is 1.62 bits per heavy atom. The lowest BCUT2D eigenvalue weighted by Crippen LogP contribution is -2.26. The van der Waals surface area contributed by atoms with Gasteiger partial charge < -0.3 is 16.2 Å². The molecule has 0 saturated carbocycles. The average Bonchev–Trinajstić information content (AvgIpc) is 2.91. The van der Waals surface area contributed by atoms with Gasteiger partial charge in [0.15, 0.2) is 11.4 Å². The van der Waals surface area contributed by atoms with Gasteiger partial charge in [0.2, 0.25) is 0 Å². The molecule has 4 aromatic rings. The molecule has 4 rings (SSSR count). The van der Waals surface area contributed by atoms with Crippen molar-refractivity contribution < 1.29 is 14.7 Å². The number of hydrogen-bond donors (Lipinski definition) is 3. The van der Waals surface area contributed by atoms with Crippen LogP contribution in [0, 0.1) is 0 Å². The van der Waals surface area contributed by atoms with Crippen LogP contribution in [0.3, 0.4) is 0 Å². The van der Waals surface area contributed by atoms with Crippen LogP contribution in [0.5, 0.6) is 0 Å². The van der Waals surface area contributed by atoms with E-state index < -0.39 is 5.97 Å². The third kappa shape index (κ3) is 12.3. The standard InChI is InChI=1S/C13H12BrN3O.C8H11N.C5H3BrN2O2/c14-12-7-6-11(16-17-12)13(18)15-9-8-10-4-2-1-3-5-10;9-7-6-8-4-2-1-3-5-8;6-4-2-1-3(5(9)10)7-8-4/h1-7H,8-9H2,(H,15,18);1-5H,6-7,9H2;1-2H,(H,9,10). The zero-order valence-electron chi connectivity index (χ0n) is 19.8. The monoisotopic (exact) mass is 628 g/mol. The summed E-state index contributed by atoms with van der Waals surface area (Å²) in [5.41, 5.74) is 8.15. The van der Waals surface area contributed by atoms with Crippen LogP contribution < -0.4 is 11.1 Å². The predicted molar refractivity (Wildman–Crippen MR) is 148 cm³/mol. The van der Waals surface area contributed by atoms with Crippen molar-refractivity contribution in [1.29, 1.82) is 0 Å². The van der Waals surface area contributed by atoms with E-state index in [9.17, 15) is 9.59 Å². The molecule has 0 aliphatic heterocycles. The molecule has 0 spiro atoms. The molecule has 0 atom stereocenters. The number of carbonyl (C=O) groups excluding carboxylic acids is 1. The Morgan fingerprint density at radius 2 is 1.19 bits per heavy atom. The van der Waals surface area contributed by atoms with Crippen LogP contribution >= 0.6 is 31.9 Å². The Morgan fingerprint density at radius 1 is 0.703 bits per heavy atom. The van der Waals surface area contributed by atoms with E-state index in [0.717, 1.165) is 19.4 Å². The molecule has 0 bridgehead atoms. The van der Waals surface area contributed by atoms with Crippen molar-refractivity contribution >= 4 is 43.7 Å². The number of hydrogen-bond acceptors (Lipinski definition) is 7. The number of nitrogens with two attached hydrogens (primary N) is 1. The third-order valence-corrected chi connectivity index (χ3v) is 5.38. The van der Waals surface area contributed by atoms with E-state index in [-0.39, 0.29) is 11.6 Å². The van der Waals surface area contributed by atoms with Gasteiger partial charge in [-0.2, -0.15) is 0 Å². The number of carbonyl (C=O) groups is 2. The van der Waals surface area contributed by atoms with Gasteiger partial charge in [0.1, 0.15) is 9.21 Å². The Hall–Kier alpha value is -3.54. The summed E-state index contributed by atoms with van der Waals surface area (Å²) >= 11 is 6.20. The van der Waals surface area contributed by atoms with E-state index in [1.54, 1.807) is 12.1 Å². The molecule has 2 heterocycles. The molecule has 37 heavy (non-hydrogen) atoms. The van der Waals surface area contributed by atoms with Crippen LogP contribution in [0.15, 0.2) is 94.1 Å². The fourth-order valence-corrected chi connectivity index (χ4v) is 3.16. The molecule has 2 aromatic carbocycles. The predicted octanol–water partition coefficient (Wildman–Crippen LogP) is 4.34. The topological polar surface area (TPSA) is 144 Å². The molecule has 192 valence electrons. The van der Waals surface area contributed by atoms with Crippen LogP contribution in [-0.2, 0) is 12.8 Å². The van der Waals surface area contributed by atoms with Gasteiger partial charge in [-0.3, -0.25) is 4.79 Å². The molecule has 9 nitrogen and oxygen atoms in total. The van der Waals surface area contributed by atoms with Gasteiger partial charge >= 0.3 is 5.97 Å². The molecule has 11 heteroatoms. The van der Waals surface area contributed by atoms with E-state index in [4.69, 9.17) is 10.8 Å². The van der Waals surface area contributed by atoms with Crippen LogP contribution in [0.25, 0.3) is 0 Å². The molecule has 0 fully saturated rings. The van der Waals surface area contributed by atoms with Gasteiger partial charge in [-0.1, -0.05) is 60.7 Å². The summed E-state index contributed by atoms with van der Waals surface area (Å²) in [4.78, 5) is 21.9. The first-order valence-corrected chi connectivity index (χ1v) is 12.8. The number of aromatic carboxylic acids is 1. The molecular formula is C26H26Br2N6O3. The van der Waals surface area contributed by atoms with Gasteiger partial charge in [0.05, 0.1) is 0 Å². The highest BCUT2D eigenvalue weighted by Crippen LogP contribution is 2.04. The number of nitrogens with zero attached hydrogens (tertiary/aromatic N) is 4. The Balaban J connectivity index is 0.000000214. The maximum Gasteiger partial charge on any atom is 0.356 e. The van der Waals surface area contributed by atoms with Crippen LogP contribution in [0.2, 0.25) is 0 Å². The van der Waals surface area contributed by atoms with Gasteiger partial charge in [0, 0.05) is 6.54 Å². The van der Waals surface area contributed by atoms with E-state index in [2.05, 4.69) is 69.7 Å². The van der Waals surface area contributed by atoms with Gasteiger partial charge in [-0.05, 0) is 86.6 Å². The summed E-state index contributed by atoms with van der Waals surface area (Å²) in [7, 11) is 0.